The lowest BCUT2D eigenvalue weighted by molar-refractivity contribution is 0.229. The number of oxime groups is 1. The molecule has 0 aromatic heterocycles. The van der Waals surface area contributed by atoms with Crippen molar-refractivity contribution < 1.29 is 5.21 Å². The van der Waals surface area contributed by atoms with Crippen LogP contribution in [0.4, 0.5) is 0 Å². The second kappa shape index (κ2) is 5.05. The fraction of sp³-hybridized carbons (Fsp3) is 0.889. The van der Waals surface area contributed by atoms with Crippen LogP contribution in [0.2, 0.25) is 0 Å². The first kappa shape index (κ1) is 11.1. The van der Waals surface area contributed by atoms with Gasteiger partial charge in [-0.15, -0.1) is 0 Å². The average Bonchev–Trinajstić information content (AvgIpc) is 2.63. The first-order chi connectivity index (χ1) is 6.69. The molecule has 0 spiro atoms. The molecular formula is C9H20N4O. The van der Waals surface area contributed by atoms with Crippen LogP contribution in [0.1, 0.15) is 19.8 Å². The van der Waals surface area contributed by atoms with Gasteiger partial charge in [0.2, 0.25) is 5.96 Å². The molecule has 82 valence electrons. The summed E-state index contributed by atoms with van der Waals surface area (Å²) in [5.41, 5.74) is 5.49. The quantitative estimate of drug-likeness (QED) is 0.294. The van der Waals surface area contributed by atoms with Gasteiger partial charge in [-0.1, -0.05) is 12.1 Å². The minimum absolute atomic E-state index is 0.188. The Morgan fingerprint density at radius 1 is 1.71 bits per heavy atom. The number of hydrogen-bond acceptors (Lipinski definition) is 3. The zero-order valence-corrected chi connectivity index (χ0v) is 8.98. The fourth-order valence-corrected chi connectivity index (χ4v) is 2.00. The van der Waals surface area contributed by atoms with Crippen molar-refractivity contribution in [3.05, 3.63) is 0 Å². The molecule has 3 N–H and O–H groups in total. The third-order valence-electron chi connectivity index (χ3n) is 2.88. The Balaban J connectivity index is 2.43. The minimum atomic E-state index is 0.188. The van der Waals surface area contributed by atoms with E-state index in [4.69, 9.17) is 10.9 Å². The second-order valence-corrected chi connectivity index (χ2v) is 3.76. The number of hydrogen-bond donors (Lipinski definition) is 2. The Bertz CT molecular complexity index is 207. The number of nitrogens with two attached hydrogens (primary N) is 1. The highest BCUT2D eigenvalue weighted by molar-refractivity contribution is 5.77. The van der Waals surface area contributed by atoms with Crippen LogP contribution in [0.15, 0.2) is 5.16 Å². The highest BCUT2D eigenvalue weighted by atomic mass is 16.4. The zero-order chi connectivity index (χ0) is 10.6. The maximum absolute atomic E-state index is 8.51. The van der Waals surface area contributed by atoms with E-state index in [1.807, 2.05) is 7.05 Å². The van der Waals surface area contributed by atoms with Crippen LogP contribution >= 0.6 is 0 Å². The van der Waals surface area contributed by atoms with E-state index in [9.17, 15) is 0 Å². The number of likely N-dealkylation sites (N-methyl/N-ethyl adjacent to an activating group) is 2. The van der Waals surface area contributed by atoms with Crippen LogP contribution in [-0.2, 0) is 0 Å². The number of guanidine groups is 1. The predicted molar refractivity (Wildman–Crippen MR) is 56.3 cm³/mol. The average molecular weight is 200 g/mol. The molecule has 0 bridgehead atoms. The molecule has 5 heteroatoms. The topological polar surface area (TPSA) is 65.1 Å². The fourth-order valence-electron chi connectivity index (χ4n) is 2.00. The smallest absolute Gasteiger partial charge is 0.233 e. The van der Waals surface area contributed by atoms with Gasteiger partial charge in [0.15, 0.2) is 0 Å². The molecule has 1 atom stereocenters. The Labute approximate surface area is 85.2 Å². The molecule has 1 fully saturated rings. The van der Waals surface area contributed by atoms with Crippen LogP contribution < -0.4 is 5.73 Å². The van der Waals surface area contributed by atoms with Crippen LogP contribution in [0.5, 0.6) is 0 Å². The molecule has 0 radical (unpaired) electrons. The van der Waals surface area contributed by atoms with Gasteiger partial charge in [0, 0.05) is 19.6 Å². The lowest BCUT2D eigenvalue weighted by Crippen LogP contribution is -2.43. The molecule has 1 rings (SSSR count). The van der Waals surface area contributed by atoms with Gasteiger partial charge in [-0.3, -0.25) is 4.90 Å². The monoisotopic (exact) mass is 200 g/mol. The summed E-state index contributed by atoms with van der Waals surface area (Å²) in [6.45, 7) is 5.26. The predicted octanol–water partition coefficient (Wildman–Crippen LogP) is 0.106. The summed E-state index contributed by atoms with van der Waals surface area (Å²) in [5, 5.41) is 11.5. The van der Waals surface area contributed by atoms with Gasteiger partial charge in [0.25, 0.3) is 0 Å². The maximum atomic E-state index is 8.51. The summed E-state index contributed by atoms with van der Waals surface area (Å²) in [6.07, 6.45) is 2.46. The molecular weight excluding hydrogens is 180 g/mol. The molecule has 0 aliphatic carbocycles. The van der Waals surface area contributed by atoms with E-state index in [1.165, 1.54) is 19.4 Å². The van der Waals surface area contributed by atoms with Crippen molar-refractivity contribution >= 4 is 5.96 Å². The number of rotatable bonds is 3. The van der Waals surface area contributed by atoms with Crippen LogP contribution in [-0.4, -0.2) is 53.7 Å². The SMILES string of the molecule is CCN1CCCC1CN(C)C(N)=NO. The van der Waals surface area contributed by atoms with Crippen LogP contribution in [0.3, 0.4) is 0 Å². The van der Waals surface area contributed by atoms with Crippen molar-refractivity contribution in [3.63, 3.8) is 0 Å². The van der Waals surface area contributed by atoms with Gasteiger partial charge in [-0.2, -0.15) is 0 Å². The van der Waals surface area contributed by atoms with Gasteiger partial charge in [-0.05, 0) is 25.9 Å². The van der Waals surface area contributed by atoms with E-state index in [-0.39, 0.29) is 5.96 Å². The molecule has 0 saturated carbocycles. The molecule has 1 unspecified atom stereocenters. The molecule has 0 aromatic rings. The second-order valence-electron chi connectivity index (χ2n) is 3.76. The van der Waals surface area contributed by atoms with E-state index < -0.39 is 0 Å². The third kappa shape index (κ3) is 2.51. The van der Waals surface area contributed by atoms with Crippen molar-refractivity contribution in [2.24, 2.45) is 10.9 Å². The standard InChI is InChI=1S/C9H20N4O/c1-3-13-6-4-5-8(13)7-12(2)9(10)11-14/h8,14H,3-7H2,1-2H3,(H2,10,11). The van der Waals surface area contributed by atoms with Crippen molar-refractivity contribution in [2.75, 3.05) is 26.7 Å². The van der Waals surface area contributed by atoms with Gasteiger partial charge in [0.1, 0.15) is 0 Å². The largest absolute Gasteiger partial charge is 0.408 e. The van der Waals surface area contributed by atoms with Gasteiger partial charge in [-0.25, -0.2) is 0 Å². The number of likely N-dealkylation sites (tertiary alicyclic amines) is 1. The maximum Gasteiger partial charge on any atom is 0.233 e. The minimum Gasteiger partial charge on any atom is -0.408 e. The summed E-state index contributed by atoms with van der Waals surface area (Å²) in [7, 11) is 1.85. The summed E-state index contributed by atoms with van der Waals surface area (Å²) < 4.78 is 0. The lowest BCUT2D eigenvalue weighted by atomic mass is 10.2. The Hall–Kier alpha value is -0.970. The first-order valence-corrected chi connectivity index (χ1v) is 5.11. The van der Waals surface area contributed by atoms with E-state index in [0.717, 1.165) is 13.1 Å². The molecule has 1 aliphatic heterocycles. The zero-order valence-electron chi connectivity index (χ0n) is 8.98. The molecule has 14 heavy (non-hydrogen) atoms. The first-order valence-electron chi connectivity index (χ1n) is 5.11. The van der Waals surface area contributed by atoms with Crippen LogP contribution in [0, 0.1) is 0 Å². The van der Waals surface area contributed by atoms with Crippen molar-refractivity contribution in [3.8, 4) is 0 Å². The van der Waals surface area contributed by atoms with Crippen LogP contribution in [0.25, 0.3) is 0 Å². The summed E-state index contributed by atoms with van der Waals surface area (Å²) in [4.78, 5) is 4.22. The van der Waals surface area contributed by atoms with Gasteiger partial charge in [0.05, 0.1) is 0 Å². The molecule has 1 saturated heterocycles. The van der Waals surface area contributed by atoms with Crippen molar-refractivity contribution in [1.29, 1.82) is 0 Å². The summed E-state index contributed by atoms with van der Waals surface area (Å²) >= 11 is 0. The Kier molecular flexibility index (Phi) is 4.00. The van der Waals surface area contributed by atoms with E-state index in [2.05, 4.69) is 17.0 Å². The Morgan fingerprint density at radius 3 is 3.00 bits per heavy atom. The van der Waals surface area contributed by atoms with Gasteiger partial charge < -0.3 is 15.8 Å². The molecule has 1 heterocycles. The summed E-state index contributed by atoms with van der Waals surface area (Å²) in [6, 6.07) is 0.547. The molecule has 0 amide bonds. The molecule has 5 nitrogen and oxygen atoms in total. The Morgan fingerprint density at radius 2 is 2.43 bits per heavy atom. The van der Waals surface area contributed by atoms with Crippen molar-refractivity contribution in [2.45, 2.75) is 25.8 Å². The normalized spacial score (nSPS) is 24.1. The van der Waals surface area contributed by atoms with Gasteiger partial charge >= 0.3 is 0 Å². The molecule has 1 aliphatic rings. The van der Waals surface area contributed by atoms with E-state index in [0.29, 0.717) is 6.04 Å². The highest BCUT2D eigenvalue weighted by Crippen LogP contribution is 2.16. The number of nitrogens with zero attached hydrogens (tertiary/aromatic N) is 3. The highest BCUT2D eigenvalue weighted by Gasteiger charge is 2.24. The van der Waals surface area contributed by atoms with E-state index >= 15 is 0 Å². The van der Waals surface area contributed by atoms with Crippen molar-refractivity contribution in [1.82, 2.24) is 9.80 Å². The lowest BCUT2D eigenvalue weighted by Gasteiger charge is -2.27. The van der Waals surface area contributed by atoms with E-state index in [1.54, 1.807) is 4.90 Å². The molecule has 0 aromatic carbocycles. The third-order valence-corrected chi connectivity index (χ3v) is 2.88. The summed E-state index contributed by atoms with van der Waals surface area (Å²) in [5.74, 6) is 0.188.